The van der Waals surface area contributed by atoms with Gasteiger partial charge in [-0.25, -0.2) is 0 Å². The molecule has 0 spiro atoms. The highest BCUT2D eigenvalue weighted by Crippen LogP contribution is 2.29. The first-order valence-corrected chi connectivity index (χ1v) is 6.10. The summed E-state index contributed by atoms with van der Waals surface area (Å²) in [7, 11) is 1.64. The highest BCUT2D eigenvalue weighted by Gasteiger charge is 2.27. The van der Waals surface area contributed by atoms with E-state index in [0.717, 1.165) is 0 Å². The van der Waals surface area contributed by atoms with E-state index in [9.17, 15) is 0 Å². The second kappa shape index (κ2) is 6.82. The van der Waals surface area contributed by atoms with Crippen LogP contribution in [0.1, 0.15) is 38.5 Å². The summed E-state index contributed by atoms with van der Waals surface area (Å²) in [5.41, 5.74) is 5.94. The number of ether oxygens (including phenoxy) is 2. The average Bonchev–Trinajstić information content (AvgIpc) is 2.75. The van der Waals surface area contributed by atoms with E-state index in [4.69, 9.17) is 19.7 Å². The van der Waals surface area contributed by atoms with Gasteiger partial charge >= 0.3 is 0 Å². The van der Waals surface area contributed by atoms with Crippen molar-refractivity contribution in [2.24, 2.45) is 11.1 Å². The summed E-state index contributed by atoms with van der Waals surface area (Å²) in [6.45, 7) is 7.82. The van der Waals surface area contributed by atoms with Crippen molar-refractivity contribution in [2.75, 3.05) is 26.9 Å². The summed E-state index contributed by atoms with van der Waals surface area (Å²) in [4.78, 5) is 4.28. The Bertz CT molecular complexity index is 347. The maximum Gasteiger partial charge on any atom is 0.244 e. The maximum atomic E-state index is 6.04. The lowest BCUT2D eigenvalue weighted by molar-refractivity contribution is 0.0714. The topological polar surface area (TPSA) is 83.4 Å². The quantitative estimate of drug-likeness (QED) is 0.742. The van der Waals surface area contributed by atoms with Crippen LogP contribution in [0.25, 0.3) is 0 Å². The third kappa shape index (κ3) is 4.72. The first-order chi connectivity index (χ1) is 8.45. The third-order valence-corrected chi connectivity index (χ3v) is 2.58. The van der Waals surface area contributed by atoms with Crippen LogP contribution in [0.2, 0.25) is 0 Å². The van der Waals surface area contributed by atoms with E-state index in [-0.39, 0.29) is 11.5 Å². The molecule has 1 heterocycles. The van der Waals surface area contributed by atoms with Crippen LogP contribution in [0.15, 0.2) is 4.52 Å². The van der Waals surface area contributed by atoms with Crippen molar-refractivity contribution in [3.63, 3.8) is 0 Å². The van der Waals surface area contributed by atoms with Crippen molar-refractivity contribution >= 4 is 0 Å². The predicted molar refractivity (Wildman–Crippen MR) is 67.1 cm³/mol. The Morgan fingerprint density at radius 2 is 2.00 bits per heavy atom. The Morgan fingerprint density at radius 1 is 1.28 bits per heavy atom. The first kappa shape index (κ1) is 15.1. The number of aromatic nitrogens is 2. The fourth-order valence-corrected chi connectivity index (χ4v) is 1.27. The van der Waals surface area contributed by atoms with E-state index in [2.05, 4.69) is 10.1 Å². The predicted octanol–water partition coefficient (Wildman–Crippen LogP) is 1.32. The molecule has 0 fully saturated rings. The molecule has 0 aromatic carbocycles. The summed E-state index contributed by atoms with van der Waals surface area (Å²) in [5, 5.41) is 3.89. The summed E-state index contributed by atoms with van der Waals surface area (Å²) in [6, 6.07) is -0.256. The highest BCUT2D eigenvalue weighted by atomic mass is 16.5. The van der Waals surface area contributed by atoms with Crippen LogP contribution in [-0.2, 0) is 15.9 Å². The smallest absolute Gasteiger partial charge is 0.244 e. The third-order valence-electron chi connectivity index (χ3n) is 2.58. The zero-order valence-electron chi connectivity index (χ0n) is 11.6. The number of nitrogens with zero attached hydrogens (tertiary/aromatic N) is 2. The Hall–Kier alpha value is -0.980. The Balaban J connectivity index is 2.39. The first-order valence-electron chi connectivity index (χ1n) is 6.10. The van der Waals surface area contributed by atoms with Gasteiger partial charge in [0.15, 0.2) is 5.82 Å². The molecule has 2 N–H and O–H groups in total. The maximum absolute atomic E-state index is 6.04. The Kier molecular flexibility index (Phi) is 5.71. The molecule has 6 heteroatoms. The lowest BCUT2D eigenvalue weighted by atomic mass is 9.87. The number of methoxy groups -OCH3 is 1. The number of hydrogen-bond acceptors (Lipinski definition) is 6. The molecule has 0 unspecified atom stereocenters. The summed E-state index contributed by atoms with van der Waals surface area (Å²) >= 11 is 0. The minimum atomic E-state index is -0.256. The van der Waals surface area contributed by atoms with E-state index in [1.807, 2.05) is 20.8 Å². The fraction of sp³-hybridized carbons (Fsp3) is 0.833. The molecule has 0 aliphatic carbocycles. The molecular formula is C12H23N3O3. The van der Waals surface area contributed by atoms with Gasteiger partial charge in [-0.2, -0.15) is 4.98 Å². The van der Waals surface area contributed by atoms with Crippen molar-refractivity contribution in [2.45, 2.75) is 33.2 Å². The molecule has 0 radical (unpaired) electrons. The normalized spacial score (nSPS) is 13.8. The molecule has 0 saturated heterocycles. The number of rotatable bonds is 7. The van der Waals surface area contributed by atoms with Crippen LogP contribution in [0.5, 0.6) is 0 Å². The molecule has 104 valence electrons. The molecule has 1 aromatic heterocycles. The van der Waals surface area contributed by atoms with Gasteiger partial charge in [-0.1, -0.05) is 25.9 Å². The van der Waals surface area contributed by atoms with Crippen LogP contribution in [0.3, 0.4) is 0 Å². The summed E-state index contributed by atoms with van der Waals surface area (Å²) in [6.07, 6.45) is 0.615. The van der Waals surface area contributed by atoms with Crippen LogP contribution in [0.4, 0.5) is 0 Å². The second-order valence-electron chi connectivity index (χ2n) is 5.25. The van der Waals surface area contributed by atoms with Crippen molar-refractivity contribution < 1.29 is 14.0 Å². The lowest BCUT2D eigenvalue weighted by Crippen LogP contribution is -2.26. The van der Waals surface area contributed by atoms with Crippen LogP contribution < -0.4 is 5.73 Å². The number of hydrogen-bond donors (Lipinski definition) is 1. The van der Waals surface area contributed by atoms with Gasteiger partial charge in [0, 0.05) is 13.5 Å². The van der Waals surface area contributed by atoms with Crippen molar-refractivity contribution in [1.82, 2.24) is 10.1 Å². The van der Waals surface area contributed by atoms with Gasteiger partial charge in [0.25, 0.3) is 0 Å². The van der Waals surface area contributed by atoms with Crippen LogP contribution >= 0.6 is 0 Å². The van der Waals surface area contributed by atoms with Crippen molar-refractivity contribution in [3.8, 4) is 0 Å². The molecule has 1 rings (SSSR count). The molecule has 1 atom stereocenters. The molecule has 0 saturated carbocycles. The average molecular weight is 257 g/mol. The molecule has 1 aromatic rings. The van der Waals surface area contributed by atoms with E-state index in [1.54, 1.807) is 7.11 Å². The zero-order chi connectivity index (χ0) is 13.6. The molecule has 0 aliphatic rings. The lowest BCUT2D eigenvalue weighted by Gasteiger charge is -2.23. The molecular weight excluding hydrogens is 234 g/mol. The van der Waals surface area contributed by atoms with E-state index in [1.165, 1.54) is 0 Å². The minimum absolute atomic E-state index is 0.0984. The van der Waals surface area contributed by atoms with Gasteiger partial charge in [0.1, 0.15) is 0 Å². The van der Waals surface area contributed by atoms with Gasteiger partial charge in [-0.15, -0.1) is 0 Å². The van der Waals surface area contributed by atoms with E-state index >= 15 is 0 Å². The second-order valence-corrected chi connectivity index (χ2v) is 5.25. The molecule has 0 aliphatic heterocycles. The van der Waals surface area contributed by atoms with Gasteiger partial charge in [0.05, 0.1) is 25.9 Å². The largest absolute Gasteiger partial charge is 0.382 e. The molecule has 0 bridgehead atoms. The summed E-state index contributed by atoms with van der Waals surface area (Å²) in [5.74, 6) is 1.11. The zero-order valence-corrected chi connectivity index (χ0v) is 11.6. The monoisotopic (exact) mass is 257 g/mol. The van der Waals surface area contributed by atoms with Crippen LogP contribution in [0, 0.1) is 5.41 Å². The molecule has 0 amide bonds. The summed E-state index contributed by atoms with van der Waals surface area (Å²) < 4.78 is 15.4. The molecule has 6 nitrogen and oxygen atoms in total. The Morgan fingerprint density at radius 3 is 2.61 bits per heavy atom. The molecule has 18 heavy (non-hydrogen) atoms. The minimum Gasteiger partial charge on any atom is -0.382 e. The standard InChI is InChI=1S/C12H23N3O3/c1-12(2,3)10(13)11-14-9(15-18-11)5-6-17-8-7-16-4/h10H,5-8,13H2,1-4H3/t10-/m1/s1. The van der Waals surface area contributed by atoms with Gasteiger partial charge < -0.3 is 19.7 Å². The van der Waals surface area contributed by atoms with E-state index in [0.29, 0.717) is 38.0 Å². The van der Waals surface area contributed by atoms with Crippen molar-refractivity contribution in [1.29, 1.82) is 0 Å². The van der Waals surface area contributed by atoms with Crippen molar-refractivity contribution in [3.05, 3.63) is 11.7 Å². The van der Waals surface area contributed by atoms with E-state index < -0.39 is 0 Å². The SMILES string of the molecule is COCCOCCc1noc([C@@H](N)C(C)(C)C)n1. The number of nitrogens with two attached hydrogens (primary N) is 1. The highest BCUT2D eigenvalue weighted by molar-refractivity contribution is 4.96. The Labute approximate surface area is 108 Å². The van der Waals surface area contributed by atoms with Gasteiger partial charge in [0.2, 0.25) is 5.89 Å². The fourth-order valence-electron chi connectivity index (χ4n) is 1.27. The van der Waals surface area contributed by atoms with Gasteiger partial charge in [-0.05, 0) is 5.41 Å². The van der Waals surface area contributed by atoms with Gasteiger partial charge in [-0.3, -0.25) is 0 Å². The van der Waals surface area contributed by atoms with Crippen LogP contribution in [-0.4, -0.2) is 37.1 Å².